The zero-order chi connectivity index (χ0) is 14.3. The molecule has 4 nitrogen and oxygen atoms in total. The topological polar surface area (TPSA) is 65.2 Å². The number of nitrogens with two attached hydrogens (primary N) is 1. The Balaban J connectivity index is 2.31. The van der Waals surface area contributed by atoms with E-state index in [-0.39, 0.29) is 11.0 Å². The first-order chi connectivity index (χ1) is 9.59. The van der Waals surface area contributed by atoms with Crippen LogP contribution in [0.1, 0.15) is 0 Å². The van der Waals surface area contributed by atoms with Crippen molar-refractivity contribution in [1.82, 2.24) is 5.16 Å². The summed E-state index contributed by atoms with van der Waals surface area (Å²) in [5.41, 5.74) is 7.43. The van der Waals surface area contributed by atoms with Crippen LogP contribution in [0, 0.1) is 0 Å². The van der Waals surface area contributed by atoms with Crippen molar-refractivity contribution in [2.24, 2.45) is 0 Å². The van der Waals surface area contributed by atoms with Gasteiger partial charge in [-0.15, -0.1) is 0 Å². The lowest BCUT2D eigenvalue weighted by Crippen LogP contribution is -1.90. The summed E-state index contributed by atoms with van der Waals surface area (Å²) in [4.78, 5) is 0. The van der Waals surface area contributed by atoms with Crippen molar-refractivity contribution in [3.63, 3.8) is 0 Å². The summed E-state index contributed by atoms with van der Waals surface area (Å²) in [6.07, 6.45) is 1.44. The van der Waals surface area contributed by atoms with Crippen LogP contribution in [0.5, 0.6) is 0 Å². The summed E-state index contributed by atoms with van der Waals surface area (Å²) in [5.74, 6) is 0.531. The molecule has 102 valence electrons. The Bertz CT molecular complexity index is 760. The molecule has 0 unspecified atom stereocenters. The molecule has 0 aliphatic heterocycles. The molecule has 3 rings (SSSR count). The lowest BCUT2D eigenvalue weighted by molar-refractivity contribution is 0.435. The monoisotopic (exact) mass is 328 g/mol. The van der Waals surface area contributed by atoms with Crippen LogP contribution in [0.2, 0.25) is 15.3 Å². The molecule has 0 aliphatic rings. The smallest absolute Gasteiger partial charge is 0.204 e. The second kappa shape index (κ2) is 5.05. The number of nitrogen functional groups attached to an aromatic ring is 1. The van der Waals surface area contributed by atoms with Crippen molar-refractivity contribution >= 4 is 40.6 Å². The number of benzene rings is 1. The first-order valence-corrected chi connectivity index (χ1v) is 6.66. The number of halogens is 3. The summed E-state index contributed by atoms with van der Waals surface area (Å²) < 4.78 is 10.3. The van der Waals surface area contributed by atoms with Gasteiger partial charge in [-0.1, -0.05) is 34.4 Å². The van der Waals surface area contributed by atoms with Crippen molar-refractivity contribution in [2.45, 2.75) is 0 Å². The molecule has 0 saturated carbocycles. The van der Waals surface area contributed by atoms with Crippen molar-refractivity contribution in [2.75, 3.05) is 5.73 Å². The van der Waals surface area contributed by atoms with E-state index in [1.54, 1.807) is 24.3 Å². The average molecular weight is 330 g/mol. The minimum absolute atomic E-state index is 0.172. The molecule has 0 aliphatic carbocycles. The maximum absolute atomic E-state index is 6.20. The lowest BCUT2D eigenvalue weighted by atomic mass is 10.0. The van der Waals surface area contributed by atoms with E-state index in [1.807, 2.05) is 0 Å². The molecule has 0 bridgehead atoms. The fraction of sp³-hybridized carbons (Fsp3) is 0. The zero-order valence-corrected chi connectivity index (χ0v) is 12.1. The van der Waals surface area contributed by atoms with Crippen LogP contribution in [-0.2, 0) is 0 Å². The van der Waals surface area contributed by atoms with Crippen LogP contribution in [0.25, 0.3) is 22.5 Å². The molecule has 0 radical (unpaired) electrons. The Morgan fingerprint density at radius 3 is 2.30 bits per heavy atom. The molecule has 20 heavy (non-hydrogen) atoms. The van der Waals surface area contributed by atoms with E-state index in [2.05, 4.69) is 5.16 Å². The molecule has 0 spiro atoms. The highest BCUT2D eigenvalue weighted by Gasteiger charge is 2.24. The molecule has 2 aromatic heterocycles. The van der Waals surface area contributed by atoms with Crippen molar-refractivity contribution < 1.29 is 8.94 Å². The zero-order valence-electron chi connectivity index (χ0n) is 9.86. The first-order valence-electron chi connectivity index (χ1n) is 5.52. The fourth-order valence-electron chi connectivity index (χ4n) is 1.92. The predicted octanol–water partition coefficient (Wildman–Crippen LogP) is 5.14. The van der Waals surface area contributed by atoms with Crippen LogP contribution in [0.4, 0.5) is 5.82 Å². The Labute approximate surface area is 129 Å². The van der Waals surface area contributed by atoms with E-state index in [4.69, 9.17) is 49.5 Å². The van der Waals surface area contributed by atoms with Crippen molar-refractivity contribution in [1.29, 1.82) is 0 Å². The van der Waals surface area contributed by atoms with E-state index < -0.39 is 0 Å². The van der Waals surface area contributed by atoms with Gasteiger partial charge in [-0.05, 0) is 29.8 Å². The fourth-order valence-corrected chi connectivity index (χ4v) is 2.71. The van der Waals surface area contributed by atoms with Gasteiger partial charge in [-0.2, -0.15) is 0 Å². The van der Waals surface area contributed by atoms with Crippen LogP contribution < -0.4 is 5.73 Å². The Kier molecular flexibility index (Phi) is 3.38. The van der Waals surface area contributed by atoms with Gasteiger partial charge in [0.15, 0.2) is 11.6 Å². The standard InChI is InChI=1S/C13H7Cl3N2O2/c14-7-2-1-3-8(15)9(7)10-11(20-18-13(10)17)6-4-5-19-12(6)16/h1-5H,(H2,17,18). The summed E-state index contributed by atoms with van der Waals surface area (Å²) in [7, 11) is 0. The number of aromatic nitrogens is 1. The van der Waals surface area contributed by atoms with Gasteiger partial charge < -0.3 is 14.7 Å². The highest BCUT2D eigenvalue weighted by Crippen LogP contribution is 2.45. The van der Waals surface area contributed by atoms with Gasteiger partial charge in [-0.25, -0.2) is 0 Å². The molecular formula is C13H7Cl3N2O2. The van der Waals surface area contributed by atoms with Gasteiger partial charge in [0.1, 0.15) is 0 Å². The predicted molar refractivity (Wildman–Crippen MR) is 79.1 cm³/mol. The number of anilines is 1. The van der Waals surface area contributed by atoms with Crippen LogP contribution >= 0.6 is 34.8 Å². The average Bonchev–Trinajstić information content (AvgIpc) is 2.97. The number of furan rings is 1. The molecule has 7 heteroatoms. The summed E-state index contributed by atoms with van der Waals surface area (Å²) in [5, 5.41) is 4.81. The lowest BCUT2D eigenvalue weighted by Gasteiger charge is -2.06. The Morgan fingerprint density at radius 2 is 1.70 bits per heavy atom. The van der Waals surface area contributed by atoms with Gasteiger partial charge in [-0.3, -0.25) is 0 Å². The van der Waals surface area contributed by atoms with Crippen LogP contribution in [-0.4, -0.2) is 5.16 Å². The second-order valence-electron chi connectivity index (χ2n) is 3.98. The van der Waals surface area contributed by atoms with Gasteiger partial charge in [0.05, 0.1) is 27.4 Å². The molecule has 2 N–H and O–H groups in total. The number of nitrogens with zero attached hydrogens (tertiary/aromatic N) is 1. The van der Waals surface area contributed by atoms with Gasteiger partial charge in [0.25, 0.3) is 0 Å². The third-order valence-corrected chi connectivity index (χ3v) is 3.72. The maximum atomic E-state index is 6.20. The summed E-state index contributed by atoms with van der Waals surface area (Å²) >= 11 is 18.4. The second-order valence-corrected chi connectivity index (χ2v) is 5.13. The highest BCUT2D eigenvalue weighted by atomic mass is 35.5. The van der Waals surface area contributed by atoms with Gasteiger partial charge >= 0.3 is 0 Å². The minimum atomic E-state index is 0.172. The van der Waals surface area contributed by atoms with E-state index in [0.717, 1.165) is 0 Å². The summed E-state index contributed by atoms with van der Waals surface area (Å²) in [6, 6.07) is 6.80. The molecule has 0 amide bonds. The quantitative estimate of drug-likeness (QED) is 0.706. The van der Waals surface area contributed by atoms with Crippen molar-refractivity contribution in [3.8, 4) is 22.5 Å². The largest absolute Gasteiger partial charge is 0.452 e. The van der Waals surface area contributed by atoms with E-state index in [0.29, 0.717) is 32.5 Å². The van der Waals surface area contributed by atoms with Crippen LogP contribution in [0.3, 0.4) is 0 Å². The molecule has 0 saturated heterocycles. The normalized spacial score (nSPS) is 10.9. The first kappa shape index (κ1) is 13.4. The van der Waals surface area contributed by atoms with E-state index in [9.17, 15) is 0 Å². The Hall–Kier alpha value is -1.62. The maximum Gasteiger partial charge on any atom is 0.204 e. The third-order valence-electron chi connectivity index (χ3n) is 2.79. The Morgan fingerprint density at radius 1 is 1.00 bits per heavy atom. The SMILES string of the molecule is Nc1noc(-c2ccoc2Cl)c1-c1c(Cl)cccc1Cl. The highest BCUT2D eigenvalue weighted by molar-refractivity contribution is 6.39. The minimum Gasteiger partial charge on any atom is -0.452 e. The molecule has 3 aromatic rings. The molecule has 0 fully saturated rings. The molecular weight excluding hydrogens is 323 g/mol. The van der Waals surface area contributed by atoms with Crippen LogP contribution in [0.15, 0.2) is 39.5 Å². The number of rotatable bonds is 2. The van der Waals surface area contributed by atoms with E-state index in [1.165, 1.54) is 6.26 Å². The number of hydrogen-bond acceptors (Lipinski definition) is 4. The summed E-state index contributed by atoms with van der Waals surface area (Å²) in [6.45, 7) is 0. The molecule has 1 aromatic carbocycles. The number of hydrogen-bond donors (Lipinski definition) is 1. The molecule has 2 heterocycles. The third kappa shape index (κ3) is 2.06. The van der Waals surface area contributed by atoms with E-state index >= 15 is 0 Å². The van der Waals surface area contributed by atoms with Gasteiger partial charge in [0, 0.05) is 5.56 Å². The van der Waals surface area contributed by atoms with Crippen molar-refractivity contribution in [3.05, 3.63) is 45.8 Å². The van der Waals surface area contributed by atoms with Gasteiger partial charge in [0.2, 0.25) is 5.22 Å². The molecule has 0 atom stereocenters.